The fourth-order valence-corrected chi connectivity index (χ4v) is 3.28. The number of carbonyl (C=O) groups excluding carboxylic acids is 1. The maximum absolute atomic E-state index is 11.2. The SMILES string of the molecule is O=C(O)c1ccc(-c2ccc(N=Nc3ccc(-c4ccc(C(=O)Cl)cc4)cc3)cc2)cc1. The number of aromatic carboxylic acids is 1. The minimum Gasteiger partial charge on any atom is -0.478 e. The fraction of sp³-hybridized carbons (Fsp3) is 0. The standard InChI is InChI=1S/C26H17ClN2O3/c27-25(30)21-5-1-17(2-6-21)19-9-13-23(14-10-19)28-29-24-15-11-20(12-16-24)18-3-7-22(8-4-18)26(31)32/h1-16H,(H,31,32). The molecule has 0 aliphatic heterocycles. The molecule has 6 heteroatoms. The molecule has 0 aromatic heterocycles. The molecule has 0 aliphatic carbocycles. The number of carboxylic acids is 1. The molecular formula is C26H17ClN2O3. The van der Waals surface area contributed by atoms with Gasteiger partial charge in [0.1, 0.15) is 0 Å². The van der Waals surface area contributed by atoms with E-state index in [2.05, 4.69) is 10.2 Å². The van der Waals surface area contributed by atoms with E-state index < -0.39 is 11.2 Å². The average Bonchev–Trinajstić information content (AvgIpc) is 2.83. The van der Waals surface area contributed by atoms with Gasteiger partial charge < -0.3 is 5.11 Å². The van der Waals surface area contributed by atoms with Crippen molar-refractivity contribution in [1.82, 2.24) is 0 Å². The van der Waals surface area contributed by atoms with E-state index in [-0.39, 0.29) is 5.56 Å². The Labute approximate surface area is 189 Å². The molecule has 4 aromatic carbocycles. The zero-order valence-corrected chi connectivity index (χ0v) is 17.5. The average molecular weight is 441 g/mol. The Morgan fingerprint density at radius 1 is 0.531 bits per heavy atom. The lowest BCUT2D eigenvalue weighted by Gasteiger charge is -2.03. The molecule has 0 heterocycles. The number of hydrogen-bond acceptors (Lipinski definition) is 4. The molecule has 0 aliphatic rings. The summed E-state index contributed by atoms with van der Waals surface area (Å²) in [6.45, 7) is 0. The van der Waals surface area contributed by atoms with Crippen LogP contribution in [-0.4, -0.2) is 16.3 Å². The van der Waals surface area contributed by atoms with Gasteiger partial charge in [0.25, 0.3) is 5.24 Å². The van der Waals surface area contributed by atoms with Crippen LogP contribution in [0.15, 0.2) is 107 Å². The Balaban J connectivity index is 1.43. The zero-order chi connectivity index (χ0) is 22.5. The Bertz CT molecular complexity index is 1180. The largest absolute Gasteiger partial charge is 0.478 e. The van der Waals surface area contributed by atoms with Crippen molar-refractivity contribution in [2.45, 2.75) is 0 Å². The van der Waals surface area contributed by atoms with Crippen molar-refractivity contribution in [3.63, 3.8) is 0 Å². The summed E-state index contributed by atoms with van der Waals surface area (Å²) in [6, 6.07) is 29.0. The molecule has 5 nitrogen and oxygen atoms in total. The van der Waals surface area contributed by atoms with Gasteiger partial charge in [-0.2, -0.15) is 10.2 Å². The first-order valence-corrected chi connectivity index (χ1v) is 10.1. The topological polar surface area (TPSA) is 79.1 Å². The number of carboxylic acid groups (broad SMARTS) is 1. The van der Waals surface area contributed by atoms with Crippen LogP contribution in [-0.2, 0) is 0 Å². The molecule has 4 rings (SSSR count). The second-order valence-corrected chi connectivity index (χ2v) is 7.37. The van der Waals surface area contributed by atoms with Gasteiger partial charge in [0, 0.05) is 5.56 Å². The summed E-state index contributed by atoms with van der Waals surface area (Å²) in [5.41, 5.74) is 6.01. The van der Waals surface area contributed by atoms with Gasteiger partial charge in [0.15, 0.2) is 0 Å². The number of rotatable bonds is 6. The summed E-state index contributed by atoms with van der Waals surface area (Å²) in [7, 11) is 0. The molecule has 0 saturated carbocycles. The quantitative estimate of drug-likeness (QED) is 0.249. The first-order chi connectivity index (χ1) is 15.5. The third-order valence-electron chi connectivity index (χ3n) is 4.93. The molecule has 0 spiro atoms. The number of nitrogens with zero attached hydrogens (tertiary/aromatic N) is 2. The summed E-state index contributed by atoms with van der Waals surface area (Å²) < 4.78 is 0. The number of benzene rings is 4. The molecule has 156 valence electrons. The van der Waals surface area contributed by atoms with Crippen LogP contribution in [0.1, 0.15) is 20.7 Å². The van der Waals surface area contributed by atoms with Crippen molar-refractivity contribution in [2.75, 3.05) is 0 Å². The third kappa shape index (κ3) is 4.96. The first-order valence-electron chi connectivity index (χ1n) is 9.75. The van der Waals surface area contributed by atoms with Crippen LogP contribution in [0, 0.1) is 0 Å². The van der Waals surface area contributed by atoms with Crippen molar-refractivity contribution in [2.24, 2.45) is 10.2 Å². The Kier molecular flexibility index (Phi) is 6.19. The van der Waals surface area contributed by atoms with E-state index in [1.54, 1.807) is 36.4 Å². The summed E-state index contributed by atoms with van der Waals surface area (Å²) in [5.74, 6) is -0.943. The van der Waals surface area contributed by atoms with Crippen molar-refractivity contribution in [3.05, 3.63) is 108 Å². The Morgan fingerprint density at radius 3 is 1.16 bits per heavy atom. The minimum atomic E-state index is -0.943. The zero-order valence-electron chi connectivity index (χ0n) is 16.8. The monoisotopic (exact) mass is 440 g/mol. The minimum absolute atomic E-state index is 0.257. The van der Waals surface area contributed by atoms with Gasteiger partial charge in [-0.15, -0.1) is 0 Å². The van der Waals surface area contributed by atoms with Crippen LogP contribution < -0.4 is 0 Å². The van der Waals surface area contributed by atoms with Gasteiger partial charge in [-0.25, -0.2) is 4.79 Å². The van der Waals surface area contributed by atoms with Crippen molar-refractivity contribution < 1.29 is 14.7 Å². The second-order valence-electron chi connectivity index (χ2n) is 7.03. The van der Waals surface area contributed by atoms with Crippen LogP contribution in [0.3, 0.4) is 0 Å². The first kappa shape index (κ1) is 21.2. The lowest BCUT2D eigenvalue weighted by Crippen LogP contribution is -1.94. The van der Waals surface area contributed by atoms with Crippen LogP contribution in [0.2, 0.25) is 0 Å². The smallest absolute Gasteiger partial charge is 0.335 e. The number of halogens is 1. The summed E-state index contributed by atoms with van der Waals surface area (Å²) >= 11 is 5.48. The highest BCUT2D eigenvalue weighted by molar-refractivity contribution is 6.67. The van der Waals surface area contributed by atoms with E-state index in [4.69, 9.17) is 16.7 Å². The molecule has 0 unspecified atom stereocenters. The van der Waals surface area contributed by atoms with Gasteiger partial charge in [0.2, 0.25) is 0 Å². The van der Waals surface area contributed by atoms with Crippen LogP contribution in [0.5, 0.6) is 0 Å². The Morgan fingerprint density at radius 2 is 0.844 bits per heavy atom. The third-order valence-corrected chi connectivity index (χ3v) is 5.14. The maximum Gasteiger partial charge on any atom is 0.335 e. The molecule has 4 aromatic rings. The van der Waals surface area contributed by atoms with E-state index in [1.807, 2.05) is 60.7 Å². The number of azo groups is 1. The van der Waals surface area contributed by atoms with Crippen LogP contribution >= 0.6 is 11.6 Å². The lowest BCUT2D eigenvalue weighted by atomic mass is 10.0. The van der Waals surface area contributed by atoms with Crippen LogP contribution in [0.4, 0.5) is 11.4 Å². The van der Waals surface area contributed by atoms with Gasteiger partial charge in [-0.05, 0) is 82.4 Å². The number of carbonyl (C=O) groups is 2. The van der Waals surface area contributed by atoms with Gasteiger partial charge >= 0.3 is 5.97 Å². The molecule has 0 amide bonds. The van der Waals surface area contributed by atoms with Gasteiger partial charge in [-0.1, -0.05) is 48.5 Å². The Hall–Kier alpha value is -4.09. The molecule has 0 radical (unpaired) electrons. The summed E-state index contributed by atoms with van der Waals surface area (Å²) in [4.78, 5) is 22.1. The van der Waals surface area contributed by atoms with Crippen molar-refractivity contribution >= 4 is 34.2 Å². The van der Waals surface area contributed by atoms with E-state index >= 15 is 0 Å². The normalized spacial score (nSPS) is 10.9. The van der Waals surface area contributed by atoms with Crippen molar-refractivity contribution in [1.29, 1.82) is 0 Å². The molecule has 0 fully saturated rings. The predicted octanol–water partition coefficient (Wildman–Crippen LogP) is 7.51. The summed E-state index contributed by atoms with van der Waals surface area (Å²) in [6.07, 6.45) is 0. The van der Waals surface area contributed by atoms with E-state index in [9.17, 15) is 9.59 Å². The summed E-state index contributed by atoms with van der Waals surface area (Å²) in [5, 5.41) is 17.1. The molecule has 0 bridgehead atoms. The molecule has 1 N–H and O–H groups in total. The highest BCUT2D eigenvalue weighted by Crippen LogP contribution is 2.26. The molecular weight excluding hydrogens is 424 g/mol. The lowest BCUT2D eigenvalue weighted by molar-refractivity contribution is 0.0696. The second kappa shape index (κ2) is 9.37. The predicted molar refractivity (Wildman–Crippen MR) is 125 cm³/mol. The highest BCUT2D eigenvalue weighted by Gasteiger charge is 2.04. The van der Waals surface area contributed by atoms with E-state index in [0.717, 1.165) is 27.9 Å². The van der Waals surface area contributed by atoms with E-state index in [0.29, 0.717) is 11.3 Å². The highest BCUT2D eigenvalue weighted by atomic mass is 35.5. The van der Waals surface area contributed by atoms with E-state index in [1.165, 1.54) is 0 Å². The maximum atomic E-state index is 11.2. The van der Waals surface area contributed by atoms with Gasteiger partial charge in [-0.3, -0.25) is 4.79 Å². The molecule has 0 saturated heterocycles. The fourth-order valence-electron chi connectivity index (χ4n) is 3.16. The van der Waals surface area contributed by atoms with Crippen LogP contribution in [0.25, 0.3) is 22.3 Å². The molecule has 0 atom stereocenters. The number of hydrogen-bond donors (Lipinski definition) is 1. The van der Waals surface area contributed by atoms with Gasteiger partial charge in [0.05, 0.1) is 16.9 Å². The van der Waals surface area contributed by atoms with Crippen molar-refractivity contribution in [3.8, 4) is 22.3 Å². The molecule has 32 heavy (non-hydrogen) atoms.